The summed E-state index contributed by atoms with van der Waals surface area (Å²) >= 11 is 0. The summed E-state index contributed by atoms with van der Waals surface area (Å²) < 4.78 is 0. The molecule has 0 saturated carbocycles. The van der Waals surface area contributed by atoms with Gasteiger partial charge in [0.15, 0.2) is 0 Å². The molecule has 86 valence electrons. The minimum absolute atomic E-state index is 0.530. The Kier molecular flexibility index (Phi) is 5.38. The summed E-state index contributed by atoms with van der Waals surface area (Å²) in [6.45, 7) is 6.12. The average Bonchev–Trinajstić information content (AvgIpc) is 2.86. The highest BCUT2D eigenvalue weighted by Gasteiger charge is 2.13. The van der Waals surface area contributed by atoms with E-state index in [0.29, 0.717) is 11.6 Å². The first-order valence-electron chi connectivity index (χ1n) is 5.86. The van der Waals surface area contributed by atoms with Gasteiger partial charge in [-0.05, 0) is 37.2 Å². The van der Waals surface area contributed by atoms with Crippen molar-refractivity contribution in [2.75, 3.05) is 18.4 Å². The third-order valence-electron chi connectivity index (χ3n) is 2.45. The van der Waals surface area contributed by atoms with Gasteiger partial charge in [0, 0.05) is 18.3 Å². The maximum atomic E-state index is 8.63. The Labute approximate surface area is 97.5 Å². The molecule has 1 aromatic carbocycles. The molecule has 2 rings (SSSR count). The number of rotatable bonds is 2. The van der Waals surface area contributed by atoms with Crippen LogP contribution in [0.5, 0.6) is 0 Å². The number of hydrogen-bond donors (Lipinski definition) is 2. The molecule has 1 heterocycles. The highest BCUT2D eigenvalue weighted by Crippen LogP contribution is 2.12. The summed E-state index contributed by atoms with van der Waals surface area (Å²) in [6, 6.07) is 10.2. The van der Waals surface area contributed by atoms with Crippen molar-refractivity contribution in [3.05, 3.63) is 29.8 Å². The van der Waals surface area contributed by atoms with Crippen LogP contribution in [0.4, 0.5) is 5.69 Å². The van der Waals surface area contributed by atoms with E-state index in [1.54, 1.807) is 0 Å². The van der Waals surface area contributed by atoms with Crippen LogP contribution in [-0.2, 0) is 0 Å². The van der Waals surface area contributed by atoms with Crippen LogP contribution in [0.15, 0.2) is 24.3 Å². The van der Waals surface area contributed by atoms with E-state index < -0.39 is 0 Å². The van der Waals surface area contributed by atoms with E-state index in [1.165, 1.54) is 6.42 Å². The van der Waals surface area contributed by atoms with Gasteiger partial charge in [-0.3, -0.25) is 0 Å². The normalized spacial score (nSPS) is 18.2. The molecule has 0 aromatic heterocycles. The van der Waals surface area contributed by atoms with Gasteiger partial charge in [-0.1, -0.05) is 13.8 Å². The SMILES string of the molecule is CC.N#Cc1ccc(NC2CCNC2)cc1. The molecule has 1 aromatic rings. The maximum Gasteiger partial charge on any atom is 0.0991 e. The summed E-state index contributed by atoms with van der Waals surface area (Å²) in [4.78, 5) is 0. The lowest BCUT2D eigenvalue weighted by atomic mass is 10.2. The predicted octanol–water partition coefficient (Wildman–Crippen LogP) is 2.36. The Balaban J connectivity index is 0.000000606. The second kappa shape index (κ2) is 6.86. The van der Waals surface area contributed by atoms with Gasteiger partial charge < -0.3 is 10.6 Å². The van der Waals surface area contributed by atoms with Crippen LogP contribution in [0.3, 0.4) is 0 Å². The molecule has 0 spiro atoms. The van der Waals surface area contributed by atoms with Crippen molar-refractivity contribution in [1.29, 1.82) is 5.26 Å². The molecule has 1 fully saturated rings. The van der Waals surface area contributed by atoms with Gasteiger partial charge in [-0.15, -0.1) is 0 Å². The number of hydrogen-bond acceptors (Lipinski definition) is 3. The molecule has 1 unspecified atom stereocenters. The number of nitrogens with one attached hydrogen (secondary N) is 2. The van der Waals surface area contributed by atoms with Gasteiger partial charge in [0.05, 0.1) is 11.6 Å². The first-order valence-corrected chi connectivity index (χ1v) is 5.86. The van der Waals surface area contributed by atoms with Gasteiger partial charge in [-0.25, -0.2) is 0 Å². The molecule has 1 aliphatic rings. The molecule has 0 radical (unpaired) electrons. The standard InChI is InChI=1S/C11H13N3.C2H6/c12-7-9-1-3-10(4-2-9)14-11-5-6-13-8-11;1-2/h1-4,11,13-14H,5-6,8H2;1-2H3. The van der Waals surface area contributed by atoms with Crippen LogP contribution in [-0.4, -0.2) is 19.1 Å². The van der Waals surface area contributed by atoms with E-state index in [4.69, 9.17) is 5.26 Å². The van der Waals surface area contributed by atoms with Gasteiger partial charge in [-0.2, -0.15) is 5.26 Å². The molecular formula is C13H19N3. The smallest absolute Gasteiger partial charge is 0.0991 e. The van der Waals surface area contributed by atoms with Crippen LogP contribution in [0.1, 0.15) is 25.8 Å². The summed E-state index contributed by atoms with van der Waals surface area (Å²) in [7, 11) is 0. The zero-order valence-corrected chi connectivity index (χ0v) is 9.96. The lowest BCUT2D eigenvalue weighted by Crippen LogP contribution is -2.21. The molecule has 3 nitrogen and oxygen atoms in total. The number of nitriles is 1. The maximum absolute atomic E-state index is 8.63. The van der Waals surface area contributed by atoms with Crippen molar-refractivity contribution in [3.63, 3.8) is 0 Å². The predicted molar refractivity (Wildman–Crippen MR) is 67.4 cm³/mol. The molecule has 16 heavy (non-hydrogen) atoms. The van der Waals surface area contributed by atoms with Crippen molar-refractivity contribution in [3.8, 4) is 6.07 Å². The highest BCUT2D eigenvalue weighted by molar-refractivity contribution is 5.48. The van der Waals surface area contributed by atoms with Crippen LogP contribution >= 0.6 is 0 Å². The van der Waals surface area contributed by atoms with Gasteiger partial charge in [0.2, 0.25) is 0 Å². The molecule has 1 saturated heterocycles. The number of nitrogens with zero attached hydrogens (tertiary/aromatic N) is 1. The minimum atomic E-state index is 0.530. The largest absolute Gasteiger partial charge is 0.381 e. The zero-order chi connectivity index (χ0) is 11.8. The summed E-state index contributed by atoms with van der Waals surface area (Å²) in [5, 5.41) is 15.4. The van der Waals surface area contributed by atoms with E-state index in [0.717, 1.165) is 18.8 Å². The molecule has 0 amide bonds. The molecule has 0 bridgehead atoms. The lowest BCUT2D eigenvalue weighted by Gasteiger charge is -2.12. The molecular weight excluding hydrogens is 198 g/mol. The first kappa shape index (κ1) is 12.5. The molecule has 3 heteroatoms. The Hall–Kier alpha value is -1.53. The third kappa shape index (κ3) is 3.56. The topological polar surface area (TPSA) is 47.9 Å². The van der Waals surface area contributed by atoms with Crippen molar-refractivity contribution < 1.29 is 0 Å². The summed E-state index contributed by atoms with van der Waals surface area (Å²) in [6.07, 6.45) is 1.17. The Morgan fingerprint density at radius 3 is 2.50 bits per heavy atom. The molecule has 1 atom stereocenters. The van der Waals surface area contributed by atoms with E-state index in [1.807, 2.05) is 38.1 Å². The van der Waals surface area contributed by atoms with Crippen molar-refractivity contribution in [1.82, 2.24) is 5.32 Å². The fraction of sp³-hybridized carbons (Fsp3) is 0.462. The second-order valence-corrected chi connectivity index (χ2v) is 3.52. The van der Waals surface area contributed by atoms with Crippen LogP contribution < -0.4 is 10.6 Å². The Morgan fingerprint density at radius 2 is 2.00 bits per heavy atom. The molecule has 2 N–H and O–H groups in total. The Bertz CT molecular complexity index is 331. The summed E-state index contributed by atoms with van der Waals surface area (Å²) in [5.74, 6) is 0. The quantitative estimate of drug-likeness (QED) is 0.799. The molecule has 1 aliphatic heterocycles. The van der Waals surface area contributed by atoms with Crippen LogP contribution in [0.2, 0.25) is 0 Å². The zero-order valence-electron chi connectivity index (χ0n) is 9.96. The number of anilines is 1. The van der Waals surface area contributed by atoms with Crippen LogP contribution in [0, 0.1) is 11.3 Å². The van der Waals surface area contributed by atoms with E-state index in [2.05, 4.69) is 16.7 Å². The van der Waals surface area contributed by atoms with Crippen molar-refractivity contribution in [2.45, 2.75) is 26.3 Å². The number of benzene rings is 1. The lowest BCUT2D eigenvalue weighted by molar-refractivity contribution is 0.793. The fourth-order valence-corrected chi connectivity index (χ4v) is 1.65. The monoisotopic (exact) mass is 217 g/mol. The van der Waals surface area contributed by atoms with E-state index in [9.17, 15) is 0 Å². The van der Waals surface area contributed by atoms with Gasteiger partial charge >= 0.3 is 0 Å². The van der Waals surface area contributed by atoms with E-state index >= 15 is 0 Å². The summed E-state index contributed by atoms with van der Waals surface area (Å²) in [5.41, 5.74) is 1.80. The van der Waals surface area contributed by atoms with Crippen molar-refractivity contribution in [2.24, 2.45) is 0 Å². The van der Waals surface area contributed by atoms with E-state index in [-0.39, 0.29) is 0 Å². The molecule has 0 aliphatic carbocycles. The second-order valence-electron chi connectivity index (χ2n) is 3.52. The first-order chi connectivity index (χ1) is 7.88. The van der Waals surface area contributed by atoms with Crippen LogP contribution in [0.25, 0.3) is 0 Å². The van der Waals surface area contributed by atoms with Gasteiger partial charge in [0.25, 0.3) is 0 Å². The Morgan fingerprint density at radius 1 is 1.31 bits per heavy atom. The van der Waals surface area contributed by atoms with Crippen molar-refractivity contribution >= 4 is 5.69 Å². The average molecular weight is 217 g/mol. The minimum Gasteiger partial charge on any atom is -0.381 e. The highest BCUT2D eigenvalue weighted by atomic mass is 15.0. The third-order valence-corrected chi connectivity index (χ3v) is 2.45. The fourth-order valence-electron chi connectivity index (χ4n) is 1.65. The van der Waals surface area contributed by atoms with Gasteiger partial charge in [0.1, 0.15) is 0 Å².